The van der Waals surface area contributed by atoms with Gasteiger partial charge in [-0.05, 0) is 0 Å². The second-order valence-electron chi connectivity index (χ2n) is 4.80. The molecule has 0 aliphatic carbocycles. The van der Waals surface area contributed by atoms with Crippen LogP contribution in [-0.4, -0.2) is 27.9 Å². The van der Waals surface area contributed by atoms with Crippen molar-refractivity contribution in [3.05, 3.63) is 0 Å². The minimum atomic E-state index is -0.352. The van der Waals surface area contributed by atoms with Crippen LogP contribution in [0.5, 0.6) is 0 Å². The fourth-order valence-corrected chi connectivity index (χ4v) is 1.22. The summed E-state index contributed by atoms with van der Waals surface area (Å²) in [7, 11) is 2.44. The van der Waals surface area contributed by atoms with Crippen molar-refractivity contribution >= 4 is 20.6 Å². The second kappa shape index (κ2) is 27.7. The summed E-state index contributed by atoms with van der Waals surface area (Å²) in [5.41, 5.74) is 0. The molecule has 0 N–H and O–H groups in total. The Labute approximate surface area is 134 Å². The van der Waals surface area contributed by atoms with Gasteiger partial charge in [0.2, 0.25) is 0 Å². The molecule has 0 saturated heterocycles. The molecule has 0 heterocycles. The molecule has 0 saturated carbocycles. The van der Waals surface area contributed by atoms with Crippen molar-refractivity contribution in [2.45, 2.75) is 98.4 Å². The Morgan fingerprint density at radius 1 is 0.650 bits per heavy atom. The summed E-state index contributed by atoms with van der Waals surface area (Å²) in [4.78, 5) is 0. The molecular weight excluding hydrogens is 292 g/mol. The number of hydrogen-bond donors (Lipinski definition) is 0. The first-order chi connectivity index (χ1) is 9.31. The van der Waals surface area contributed by atoms with Crippen LogP contribution < -0.4 is 15.3 Å². The molecule has 0 aromatic heterocycles. The molecule has 3 unspecified atom stereocenters. The summed E-state index contributed by atoms with van der Waals surface area (Å²) in [5, 5.41) is 30.4. The molecule has 5 heteroatoms. The molecule has 20 heavy (non-hydrogen) atoms. The van der Waals surface area contributed by atoms with E-state index in [-0.39, 0.29) is 18.3 Å². The summed E-state index contributed by atoms with van der Waals surface area (Å²) in [6, 6.07) is 0. The predicted octanol–water partition coefficient (Wildman–Crippen LogP) is 1.91. The number of rotatable bonds is 6. The molecule has 3 atom stereocenters. The first-order valence-corrected chi connectivity index (χ1v) is 8.99. The van der Waals surface area contributed by atoms with Crippen molar-refractivity contribution in [2.24, 2.45) is 0 Å². The van der Waals surface area contributed by atoms with Gasteiger partial charge in [-0.3, -0.25) is 0 Å². The van der Waals surface area contributed by atoms with Crippen LogP contribution in [0.4, 0.5) is 0 Å². The Bertz CT molecular complexity index is 111. The fourth-order valence-electron chi connectivity index (χ4n) is 1.22. The van der Waals surface area contributed by atoms with Gasteiger partial charge in [0.05, 0.1) is 0 Å². The van der Waals surface area contributed by atoms with Gasteiger partial charge in [-0.15, -0.1) is 18.3 Å². The van der Waals surface area contributed by atoms with E-state index in [2.05, 4.69) is 20.6 Å². The van der Waals surface area contributed by atoms with Crippen LogP contribution >= 0.6 is 11.1 Å². The molecular formula is C15H33ClO3Si. The van der Waals surface area contributed by atoms with Gasteiger partial charge in [-0.25, -0.2) is 0 Å². The Balaban J connectivity index is -0.0000000902. The second-order valence-corrected chi connectivity index (χ2v) is 4.80. The standard InChI is InChI=1S/3C5H11O.ClSi/c3*1-3-4-5(2)6;1-2/h3*5H,3-4H2,1-2H3;/q3*-1;+3. The zero-order valence-electron chi connectivity index (χ0n) is 14.1. The molecule has 0 aromatic carbocycles. The molecule has 0 aromatic rings. The Morgan fingerprint density at radius 2 is 0.800 bits per heavy atom. The third-order valence-corrected chi connectivity index (χ3v) is 2.09. The van der Waals surface area contributed by atoms with E-state index >= 15 is 0 Å². The molecule has 0 radical (unpaired) electrons. The molecule has 0 fully saturated rings. The predicted molar refractivity (Wildman–Crippen MR) is 84.7 cm³/mol. The SMILES string of the molecule is CCCC(C)[O-].CCCC(C)[O-].CCCC(C)[O-].[Si+3]Cl. The summed E-state index contributed by atoms with van der Waals surface area (Å²) in [6.07, 6.45) is 4.46. The van der Waals surface area contributed by atoms with Crippen LogP contribution in [0.1, 0.15) is 80.1 Å². The van der Waals surface area contributed by atoms with E-state index in [1.807, 2.05) is 20.8 Å². The van der Waals surface area contributed by atoms with Gasteiger partial charge < -0.3 is 15.3 Å². The number of halogens is 1. The molecule has 0 spiro atoms. The average Bonchev–Trinajstić information content (AvgIpc) is 2.32. The third kappa shape index (κ3) is 63.1. The number of hydrogen-bond acceptors (Lipinski definition) is 3. The van der Waals surface area contributed by atoms with E-state index in [1.54, 1.807) is 20.8 Å². The average molecular weight is 325 g/mol. The maximum atomic E-state index is 10.1. The van der Waals surface area contributed by atoms with Crippen LogP contribution in [-0.2, 0) is 0 Å². The van der Waals surface area contributed by atoms with Crippen LogP contribution in [0.15, 0.2) is 0 Å². The first kappa shape index (κ1) is 28.5. The quantitative estimate of drug-likeness (QED) is 0.553. The van der Waals surface area contributed by atoms with E-state index in [0.717, 1.165) is 38.5 Å². The Hall–Kier alpha value is 0.387. The Kier molecular flexibility index (Phi) is 39.5. The molecule has 0 aliphatic rings. The zero-order chi connectivity index (χ0) is 17.0. The summed E-state index contributed by atoms with van der Waals surface area (Å²) >= 11 is 4.44. The molecule has 0 aliphatic heterocycles. The van der Waals surface area contributed by atoms with Crippen molar-refractivity contribution in [2.75, 3.05) is 0 Å². The van der Waals surface area contributed by atoms with Crippen LogP contribution in [0, 0.1) is 0 Å². The molecule has 0 rings (SSSR count). The summed E-state index contributed by atoms with van der Waals surface area (Å²) in [6.45, 7) is 11.2. The van der Waals surface area contributed by atoms with Crippen molar-refractivity contribution < 1.29 is 15.3 Å². The first-order valence-electron chi connectivity index (χ1n) is 7.47. The third-order valence-electron chi connectivity index (χ3n) is 2.09. The topological polar surface area (TPSA) is 69.2 Å². The monoisotopic (exact) mass is 324 g/mol. The van der Waals surface area contributed by atoms with Crippen molar-refractivity contribution in [1.29, 1.82) is 0 Å². The van der Waals surface area contributed by atoms with E-state index in [0.29, 0.717) is 0 Å². The fraction of sp³-hybridized carbons (Fsp3) is 1.00. The van der Waals surface area contributed by atoms with Crippen LogP contribution in [0.3, 0.4) is 0 Å². The molecule has 3 nitrogen and oxygen atoms in total. The van der Waals surface area contributed by atoms with Crippen molar-refractivity contribution in [1.82, 2.24) is 0 Å². The molecule has 0 amide bonds. The summed E-state index contributed by atoms with van der Waals surface area (Å²) < 4.78 is 0. The van der Waals surface area contributed by atoms with Gasteiger partial charge in [0, 0.05) is 0 Å². The molecule has 122 valence electrons. The van der Waals surface area contributed by atoms with E-state index < -0.39 is 0 Å². The zero-order valence-corrected chi connectivity index (χ0v) is 15.8. The molecule has 0 bridgehead atoms. The van der Waals surface area contributed by atoms with Gasteiger partial charge in [0.15, 0.2) is 0 Å². The Morgan fingerprint density at radius 3 is 0.800 bits per heavy atom. The van der Waals surface area contributed by atoms with Crippen LogP contribution in [0.25, 0.3) is 0 Å². The van der Waals surface area contributed by atoms with Gasteiger partial charge in [0.1, 0.15) is 0 Å². The summed E-state index contributed by atoms with van der Waals surface area (Å²) in [5.74, 6) is 0. The van der Waals surface area contributed by atoms with Crippen LogP contribution in [0.2, 0.25) is 0 Å². The van der Waals surface area contributed by atoms with Gasteiger partial charge in [0.25, 0.3) is 0 Å². The van der Waals surface area contributed by atoms with Gasteiger partial charge in [-0.1, -0.05) is 80.1 Å². The van der Waals surface area contributed by atoms with Crippen molar-refractivity contribution in [3.63, 3.8) is 0 Å². The van der Waals surface area contributed by atoms with Gasteiger partial charge in [-0.2, -0.15) is 0 Å². The van der Waals surface area contributed by atoms with E-state index in [4.69, 9.17) is 0 Å². The van der Waals surface area contributed by atoms with Gasteiger partial charge >= 0.3 is 20.6 Å². The van der Waals surface area contributed by atoms with Crippen molar-refractivity contribution in [3.8, 4) is 0 Å². The minimum absolute atomic E-state index is 0.352. The van der Waals surface area contributed by atoms with E-state index in [1.165, 1.54) is 0 Å². The maximum absolute atomic E-state index is 10.1. The van der Waals surface area contributed by atoms with E-state index in [9.17, 15) is 15.3 Å². The normalized spacial score (nSPS) is 13.4.